The summed E-state index contributed by atoms with van der Waals surface area (Å²) in [6.45, 7) is 5.70. The van der Waals surface area contributed by atoms with Gasteiger partial charge in [0, 0.05) is 25.6 Å². The van der Waals surface area contributed by atoms with E-state index in [1.165, 1.54) is 5.56 Å². The molecule has 0 saturated carbocycles. The summed E-state index contributed by atoms with van der Waals surface area (Å²) in [5, 5.41) is 12.2. The number of likely N-dealkylation sites (tertiary alicyclic amines) is 1. The summed E-state index contributed by atoms with van der Waals surface area (Å²) in [5.74, 6) is 0.236. The van der Waals surface area contributed by atoms with Gasteiger partial charge in [-0.1, -0.05) is 36.8 Å². The van der Waals surface area contributed by atoms with E-state index in [1.54, 1.807) is 4.90 Å². The number of benzene rings is 1. The van der Waals surface area contributed by atoms with Crippen LogP contribution in [0.3, 0.4) is 0 Å². The largest absolute Gasteiger partial charge is 0.396 e. The van der Waals surface area contributed by atoms with Crippen molar-refractivity contribution in [2.45, 2.75) is 32.7 Å². The highest BCUT2D eigenvalue weighted by Gasteiger charge is 2.26. The molecule has 1 aromatic carbocycles. The number of nitrogens with one attached hydrogen (secondary N) is 1. The van der Waals surface area contributed by atoms with Gasteiger partial charge in [0.05, 0.1) is 6.04 Å². The van der Waals surface area contributed by atoms with Crippen LogP contribution in [0.15, 0.2) is 24.3 Å². The molecule has 0 bridgehead atoms. The summed E-state index contributed by atoms with van der Waals surface area (Å²) < 4.78 is 0. The maximum absolute atomic E-state index is 12.2. The number of aryl methyl sites for hydroxylation is 1. The zero-order valence-corrected chi connectivity index (χ0v) is 12.3. The third kappa shape index (κ3) is 3.51. The molecule has 20 heavy (non-hydrogen) atoms. The molecule has 1 aromatic rings. The minimum absolute atomic E-state index is 0.0200. The fourth-order valence-corrected chi connectivity index (χ4v) is 2.63. The first-order valence-electron chi connectivity index (χ1n) is 7.37. The number of nitrogens with zero attached hydrogens (tertiary/aromatic N) is 1. The van der Waals surface area contributed by atoms with E-state index in [0.29, 0.717) is 6.54 Å². The number of carbonyl (C=O) groups excluding carboxylic acids is 1. The van der Waals surface area contributed by atoms with Crippen LogP contribution >= 0.6 is 0 Å². The van der Waals surface area contributed by atoms with Gasteiger partial charge in [0.2, 0.25) is 0 Å². The zero-order chi connectivity index (χ0) is 14.5. The van der Waals surface area contributed by atoms with Gasteiger partial charge in [0.25, 0.3) is 0 Å². The Morgan fingerprint density at radius 3 is 2.70 bits per heavy atom. The highest BCUT2D eigenvalue weighted by Crippen LogP contribution is 2.20. The van der Waals surface area contributed by atoms with Crippen LogP contribution in [-0.4, -0.2) is 35.7 Å². The van der Waals surface area contributed by atoms with Crippen LogP contribution in [0.5, 0.6) is 0 Å². The van der Waals surface area contributed by atoms with Crippen molar-refractivity contribution in [2.75, 3.05) is 19.7 Å². The van der Waals surface area contributed by atoms with Crippen LogP contribution < -0.4 is 5.32 Å². The summed E-state index contributed by atoms with van der Waals surface area (Å²) in [5.41, 5.74) is 2.37. The van der Waals surface area contributed by atoms with Crippen molar-refractivity contribution in [1.29, 1.82) is 0 Å². The van der Waals surface area contributed by atoms with Gasteiger partial charge in [-0.15, -0.1) is 0 Å². The Kier molecular flexibility index (Phi) is 5.01. The number of urea groups is 1. The summed E-state index contributed by atoms with van der Waals surface area (Å²) >= 11 is 0. The van der Waals surface area contributed by atoms with Crippen molar-refractivity contribution in [3.05, 3.63) is 35.4 Å². The molecule has 2 atom stereocenters. The van der Waals surface area contributed by atoms with Crippen molar-refractivity contribution < 1.29 is 9.90 Å². The summed E-state index contributed by atoms with van der Waals surface area (Å²) in [4.78, 5) is 14.1. The van der Waals surface area contributed by atoms with E-state index in [9.17, 15) is 4.79 Å². The predicted molar refractivity (Wildman–Crippen MR) is 79.5 cm³/mol. The van der Waals surface area contributed by atoms with Crippen molar-refractivity contribution in [2.24, 2.45) is 5.92 Å². The van der Waals surface area contributed by atoms with Gasteiger partial charge in [0.15, 0.2) is 0 Å². The molecule has 2 unspecified atom stereocenters. The Bertz CT molecular complexity index is 444. The van der Waals surface area contributed by atoms with Gasteiger partial charge < -0.3 is 15.3 Å². The standard InChI is InChI=1S/C16H24N2O2/c1-3-15(14-6-4-12(2)5-7-14)17-16(20)18-9-8-13(10-18)11-19/h4-7,13,15,19H,3,8-11H2,1-2H3,(H,17,20). The molecule has 2 N–H and O–H groups in total. The maximum atomic E-state index is 12.2. The number of rotatable bonds is 4. The maximum Gasteiger partial charge on any atom is 0.317 e. The normalized spacial score (nSPS) is 19.9. The van der Waals surface area contributed by atoms with E-state index in [1.807, 2.05) is 0 Å². The SMILES string of the molecule is CCC(NC(=O)N1CCC(CO)C1)c1ccc(C)cc1. The van der Waals surface area contributed by atoms with Gasteiger partial charge in [-0.3, -0.25) is 0 Å². The molecular weight excluding hydrogens is 252 g/mol. The van der Waals surface area contributed by atoms with Crippen LogP contribution in [0.2, 0.25) is 0 Å². The van der Waals surface area contributed by atoms with Crippen molar-refractivity contribution in [3.63, 3.8) is 0 Å². The zero-order valence-electron chi connectivity index (χ0n) is 12.3. The second-order valence-corrected chi connectivity index (χ2v) is 5.60. The van der Waals surface area contributed by atoms with Gasteiger partial charge in [-0.25, -0.2) is 4.79 Å². The average molecular weight is 276 g/mol. The second kappa shape index (κ2) is 6.75. The van der Waals surface area contributed by atoms with E-state index >= 15 is 0 Å². The fraction of sp³-hybridized carbons (Fsp3) is 0.562. The number of hydrogen-bond acceptors (Lipinski definition) is 2. The van der Waals surface area contributed by atoms with Crippen molar-refractivity contribution in [1.82, 2.24) is 10.2 Å². The van der Waals surface area contributed by atoms with Crippen molar-refractivity contribution >= 4 is 6.03 Å². The van der Waals surface area contributed by atoms with Crippen LogP contribution in [0.1, 0.15) is 36.9 Å². The quantitative estimate of drug-likeness (QED) is 0.887. The molecule has 1 saturated heterocycles. The fourth-order valence-electron chi connectivity index (χ4n) is 2.63. The van der Waals surface area contributed by atoms with E-state index < -0.39 is 0 Å². The lowest BCUT2D eigenvalue weighted by Gasteiger charge is -2.23. The molecule has 0 radical (unpaired) electrons. The number of carbonyl (C=O) groups is 1. The lowest BCUT2D eigenvalue weighted by molar-refractivity contribution is 0.194. The minimum Gasteiger partial charge on any atom is -0.396 e. The molecule has 110 valence electrons. The van der Waals surface area contributed by atoms with Crippen LogP contribution in [0.25, 0.3) is 0 Å². The van der Waals surface area contributed by atoms with E-state index in [0.717, 1.165) is 24.9 Å². The Labute approximate surface area is 120 Å². The lowest BCUT2D eigenvalue weighted by Crippen LogP contribution is -2.40. The highest BCUT2D eigenvalue weighted by molar-refractivity contribution is 5.75. The Morgan fingerprint density at radius 2 is 2.15 bits per heavy atom. The van der Waals surface area contributed by atoms with E-state index in [2.05, 4.69) is 43.4 Å². The molecule has 0 aromatic heterocycles. The van der Waals surface area contributed by atoms with Gasteiger partial charge in [-0.05, 0) is 25.3 Å². The first-order valence-corrected chi connectivity index (χ1v) is 7.37. The van der Waals surface area contributed by atoms with Gasteiger partial charge in [-0.2, -0.15) is 0 Å². The third-order valence-electron chi connectivity index (χ3n) is 4.02. The monoisotopic (exact) mass is 276 g/mol. The first-order chi connectivity index (χ1) is 9.63. The van der Waals surface area contributed by atoms with Gasteiger partial charge >= 0.3 is 6.03 Å². The lowest BCUT2D eigenvalue weighted by atomic mass is 10.0. The number of aliphatic hydroxyl groups is 1. The van der Waals surface area contributed by atoms with Crippen LogP contribution in [0.4, 0.5) is 4.79 Å². The van der Waals surface area contributed by atoms with E-state index in [-0.39, 0.29) is 24.6 Å². The Hall–Kier alpha value is -1.55. The summed E-state index contributed by atoms with van der Waals surface area (Å²) in [6, 6.07) is 8.32. The van der Waals surface area contributed by atoms with Crippen molar-refractivity contribution in [3.8, 4) is 0 Å². The average Bonchev–Trinajstić information content (AvgIpc) is 2.94. The Balaban J connectivity index is 1.96. The summed E-state index contributed by atoms with van der Waals surface area (Å²) in [7, 11) is 0. The minimum atomic E-state index is -0.0200. The summed E-state index contributed by atoms with van der Waals surface area (Å²) in [6.07, 6.45) is 1.76. The molecule has 4 heteroatoms. The highest BCUT2D eigenvalue weighted by atomic mass is 16.3. The van der Waals surface area contributed by atoms with Crippen LogP contribution in [-0.2, 0) is 0 Å². The second-order valence-electron chi connectivity index (χ2n) is 5.60. The topological polar surface area (TPSA) is 52.6 Å². The number of amides is 2. The molecule has 1 aliphatic rings. The molecule has 1 heterocycles. The smallest absolute Gasteiger partial charge is 0.317 e. The molecular formula is C16H24N2O2. The third-order valence-corrected chi connectivity index (χ3v) is 4.02. The number of aliphatic hydroxyl groups excluding tert-OH is 1. The molecule has 1 aliphatic heterocycles. The Morgan fingerprint density at radius 1 is 1.45 bits per heavy atom. The van der Waals surface area contributed by atoms with Gasteiger partial charge in [0.1, 0.15) is 0 Å². The molecule has 2 rings (SSSR count). The first kappa shape index (κ1) is 14.9. The molecule has 4 nitrogen and oxygen atoms in total. The molecule has 0 spiro atoms. The van der Waals surface area contributed by atoms with Crippen LogP contribution in [0, 0.1) is 12.8 Å². The molecule has 2 amide bonds. The molecule has 1 fully saturated rings. The van der Waals surface area contributed by atoms with E-state index in [4.69, 9.17) is 5.11 Å². The molecule has 0 aliphatic carbocycles. The number of hydrogen-bond donors (Lipinski definition) is 2. The predicted octanol–water partition coefficient (Wildman–Crippen LogP) is 2.47.